The largest absolute Gasteiger partial charge is 0.454 e. The average Bonchev–Trinajstić information content (AvgIpc) is 3.22. The number of ether oxygens (including phenoxy) is 1. The molecule has 8 heteroatoms. The summed E-state index contributed by atoms with van der Waals surface area (Å²) < 4.78 is 5.25. The van der Waals surface area contributed by atoms with Crippen LogP contribution in [0.4, 0.5) is 0 Å². The van der Waals surface area contributed by atoms with Gasteiger partial charge in [0, 0.05) is 29.4 Å². The van der Waals surface area contributed by atoms with E-state index < -0.39 is 5.97 Å². The third-order valence-electron chi connectivity index (χ3n) is 3.96. The second kappa shape index (κ2) is 10.7. The predicted octanol–water partition coefficient (Wildman–Crippen LogP) is 4.01. The molecule has 0 aliphatic rings. The van der Waals surface area contributed by atoms with E-state index in [1.165, 1.54) is 30.0 Å². The number of carbonyl (C=O) groups is 3. The van der Waals surface area contributed by atoms with Crippen molar-refractivity contribution in [2.24, 2.45) is 0 Å². The van der Waals surface area contributed by atoms with E-state index in [1.807, 2.05) is 36.4 Å². The first-order valence-electron chi connectivity index (χ1n) is 9.24. The standard InChI is InChI=1S/C22H20N2O4S2/c1-15(25)23-13-11-17-9-10-20(29-17)19(26)14-28-22(27)18-8-5-12-24-21(18)30-16-6-3-2-4-7-16/h2-10,12H,11,13-14H2,1H3,(H,23,25). The third kappa shape index (κ3) is 6.27. The smallest absolute Gasteiger partial charge is 0.341 e. The van der Waals surface area contributed by atoms with Crippen LogP contribution < -0.4 is 5.32 Å². The van der Waals surface area contributed by atoms with Crippen molar-refractivity contribution in [1.29, 1.82) is 0 Å². The zero-order valence-corrected chi connectivity index (χ0v) is 17.9. The van der Waals surface area contributed by atoms with Crippen molar-refractivity contribution in [3.63, 3.8) is 0 Å². The summed E-state index contributed by atoms with van der Waals surface area (Å²) in [5.41, 5.74) is 0.321. The van der Waals surface area contributed by atoms with E-state index in [0.29, 0.717) is 28.4 Å². The number of amides is 1. The number of ketones is 1. The van der Waals surface area contributed by atoms with Crippen LogP contribution in [-0.4, -0.2) is 35.8 Å². The number of carbonyl (C=O) groups excluding carboxylic acids is 3. The lowest BCUT2D eigenvalue weighted by molar-refractivity contribution is -0.118. The third-order valence-corrected chi connectivity index (χ3v) is 6.18. The van der Waals surface area contributed by atoms with Crippen LogP contribution >= 0.6 is 23.1 Å². The quantitative estimate of drug-likeness (QED) is 0.400. The molecule has 0 atom stereocenters. The number of thiophene rings is 1. The molecule has 154 valence electrons. The Labute approximate surface area is 182 Å². The summed E-state index contributed by atoms with van der Waals surface area (Å²) in [6, 6.07) is 16.4. The summed E-state index contributed by atoms with van der Waals surface area (Å²) in [7, 11) is 0. The minimum absolute atomic E-state index is 0.0880. The molecule has 30 heavy (non-hydrogen) atoms. The number of esters is 1. The number of hydrogen-bond donors (Lipinski definition) is 1. The van der Waals surface area contributed by atoms with Gasteiger partial charge < -0.3 is 10.1 Å². The monoisotopic (exact) mass is 440 g/mol. The number of Topliss-reactive ketones (excluding diaryl/α,β-unsaturated/α-hetero) is 1. The summed E-state index contributed by atoms with van der Waals surface area (Å²) in [5, 5.41) is 3.24. The first-order chi connectivity index (χ1) is 14.5. The van der Waals surface area contributed by atoms with Crippen LogP contribution in [-0.2, 0) is 16.0 Å². The van der Waals surface area contributed by atoms with Gasteiger partial charge in [-0.05, 0) is 42.8 Å². The predicted molar refractivity (Wildman–Crippen MR) is 116 cm³/mol. The number of nitrogens with one attached hydrogen (secondary N) is 1. The molecule has 2 heterocycles. The number of nitrogens with zero attached hydrogens (tertiary/aromatic N) is 1. The maximum Gasteiger partial charge on any atom is 0.341 e. The lowest BCUT2D eigenvalue weighted by Crippen LogP contribution is -2.22. The number of hydrogen-bond acceptors (Lipinski definition) is 7. The van der Waals surface area contributed by atoms with Gasteiger partial charge in [-0.15, -0.1) is 11.3 Å². The fourth-order valence-corrected chi connectivity index (χ4v) is 4.35. The molecule has 1 aromatic carbocycles. The van der Waals surface area contributed by atoms with Crippen molar-refractivity contribution in [3.05, 3.63) is 76.1 Å². The Morgan fingerprint density at radius 3 is 2.63 bits per heavy atom. The normalized spacial score (nSPS) is 10.4. The van der Waals surface area contributed by atoms with Crippen LogP contribution in [0.15, 0.2) is 70.7 Å². The van der Waals surface area contributed by atoms with Crippen LogP contribution in [0.3, 0.4) is 0 Å². The van der Waals surface area contributed by atoms with Crippen LogP contribution in [0.1, 0.15) is 31.8 Å². The molecule has 0 bridgehead atoms. The van der Waals surface area contributed by atoms with Gasteiger partial charge in [-0.25, -0.2) is 9.78 Å². The van der Waals surface area contributed by atoms with E-state index in [2.05, 4.69) is 10.3 Å². The van der Waals surface area contributed by atoms with E-state index in [1.54, 1.807) is 24.4 Å². The molecular formula is C22H20N2O4S2. The maximum absolute atomic E-state index is 12.5. The molecule has 3 aromatic rings. The Kier molecular flexibility index (Phi) is 7.75. The minimum atomic E-state index is -0.586. The van der Waals surface area contributed by atoms with Crippen molar-refractivity contribution in [2.75, 3.05) is 13.2 Å². The van der Waals surface area contributed by atoms with Crippen LogP contribution in [0.2, 0.25) is 0 Å². The molecule has 6 nitrogen and oxygen atoms in total. The number of rotatable bonds is 9. The lowest BCUT2D eigenvalue weighted by atomic mass is 10.3. The Hall–Kier alpha value is -2.97. The first-order valence-corrected chi connectivity index (χ1v) is 10.9. The molecule has 0 aliphatic carbocycles. The Morgan fingerprint density at radius 2 is 1.87 bits per heavy atom. The average molecular weight is 441 g/mol. The summed E-state index contributed by atoms with van der Waals surface area (Å²) in [6.45, 7) is 1.64. The molecule has 0 aliphatic heterocycles. The molecule has 1 amide bonds. The number of benzene rings is 1. The molecule has 1 N–H and O–H groups in total. The molecule has 0 unspecified atom stereocenters. The van der Waals surface area contributed by atoms with Gasteiger partial charge in [0.15, 0.2) is 6.61 Å². The van der Waals surface area contributed by atoms with Crippen molar-refractivity contribution < 1.29 is 19.1 Å². The van der Waals surface area contributed by atoms with E-state index >= 15 is 0 Å². The van der Waals surface area contributed by atoms with Gasteiger partial charge >= 0.3 is 5.97 Å². The first kappa shape index (κ1) is 21.7. The molecule has 2 aromatic heterocycles. The molecule has 0 spiro atoms. The Balaban J connectivity index is 1.57. The second-order valence-corrected chi connectivity index (χ2v) is 8.50. The minimum Gasteiger partial charge on any atom is -0.454 e. The molecule has 3 rings (SSSR count). The van der Waals surface area contributed by atoms with Crippen LogP contribution in [0, 0.1) is 0 Å². The maximum atomic E-state index is 12.5. The molecule has 0 saturated heterocycles. The zero-order chi connectivity index (χ0) is 21.3. The van der Waals surface area contributed by atoms with Gasteiger partial charge in [0.05, 0.1) is 10.4 Å². The van der Waals surface area contributed by atoms with E-state index in [9.17, 15) is 14.4 Å². The van der Waals surface area contributed by atoms with Crippen molar-refractivity contribution in [2.45, 2.75) is 23.3 Å². The van der Waals surface area contributed by atoms with Crippen LogP contribution in [0.5, 0.6) is 0 Å². The molecule has 0 radical (unpaired) electrons. The Morgan fingerprint density at radius 1 is 1.07 bits per heavy atom. The summed E-state index contributed by atoms with van der Waals surface area (Å²) in [5.74, 6) is -0.937. The highest BCUT2D eigenvalue weighted by atomic mass is 32.2. The SMILES string of the molecule is CC(=O)NCCc1ccc(C(=O)COC(=O)c2cccnc2Sc2ccccc2)s1. The van der Waals surface area contributed by atoms with Gasteiger partial charge in [-0.2, -0.15) is 0 Å². The van der Waals surface area contributed by atoms with Crippen LogP contribution in [0.25, 0.3) is 0 Å². The topological polar surface area (TPSA) is 85.4 Å². The lowest BCUT2D eigenvalue weighted by Gasteiger charge is -2.08. The van der Waals surface area contributed by atoms with Crippen molar-refractivity contribution >= 4 is 40.8 Å². The van der Waals surface area contributed by atoms with E-state index in [0.717, 1.165) is 9.77 Å². The highest BCUT2D eigenvalue weighted by molar-refractivity contribution is 7.99. The summed E-state index contributed by atoms with van der Waals surface area (Å²) in [4.78, 5) is 42.6. The van der Waals surface area contributed by atoms with Gasteiger partial charge in [0.1, 0.15) is 5.03 Å². The van der Waals surface area contributed by atoms with Crippen molar-refractivity contribution in [3.8, 4) is 0 Å². The fourth-order valence-electron chi connectivity index (χ4n) is 2.53. The Bertz CT molecular complexity index is 1030. The highest BCUT2D eigenvalue weighted by Gasteiger charge is 2.18. The molecular weight excluding hydrogens is 420 g/mol. The second-order valence-electron chi connectivity index (χ2n) is 6.27. The van der Waals surface area contributed by atoms with Crippen molar-refractivity contribution in [1.82, 2.24) is 10.3 Å². The van der Waals surface area contributed by atoms with E-state index in [4.69, 9.17) is 4.74 Å². The summed E-state index contributed by atoms with van der Waals surface area (Å²) >= 11 is 2.70. The van der Waals surface area contributed by atoms with Gasteiger partial charge in [-0.1, -0.05) is 30.0 Å². The molecule has 0 saturated carbocycles. The zero-order valence-electron chi connectivity index (χ0n) is 16.3. The van der Waals surface area contributed by atoms with E-state index in [-0.39, 0.29) is 18.3 Å². The van der Waals surface area contributed by atoms with Gasteiger partial charge in [0.2, 0.25) is 11.7 Å². The van der Waals surface area contributed by atoms with Gasteiger partial charge in [-0.3, -0.25) is 9.59 Å². The fraction of sp³-hybridized carbons (Fsp3) is 0.182. The highest BCUT2D eigenvalue weighted by Crippen LogP contribution is 2.28. The number of aromatic nitrogens is 1. The summed E-state index contributed by atoms with van der Waals surface area (Å²) in [6.07, 6.45) is 2.26. The van der Waals surface area contributed by atoms with Gasteiger partial charge in [0.25, 0.3) is 0 Å². The molecule has 0 fully saturated rings. The number of pyridine rings is 1.